The van der Waals surface area contributed by atoms with Gasteiger partial charge in [-0.3, -0.25) is 0 Å². The molecule has 0 aromatic carbocycles. The second-order valence-electron chi connectivity index (χ2n) is 8.21. The van der Waals surface area contributed by atoms with E-state index in [-0.39, 0.29) is 0 Å². The molecule has 0 bridgehead atoms. The lowest BCUT2D eigenvalue weighted by Gasteiger charge is -2.01. The number of unbranched alkanes of at least 4 members (excludes halogenated alkanes) is 11. The Kier molecular flexibility index (Phi) is 27.1. The van der Waals surface area contributed by atoms with Crippen molar-refractivity contribution in [3.63, 3.8) is 0 Å². The Morgan fingerprint density at radius 2 is 0.862 bits per heavy atom. The largest absolute Gasteiger partial charge is 0.198 e. The van der Waals surface area contributed by atoms with E-state index in [1.807, 2.05) is 6.08 Å². The number of hydrogen-bond donors (Lipinski definition) is 0. The molecule has 0 heterocycles. The van der Waals surface area contributed by atoms with Crippen LogP contribution in [0.25, 0.3) is 0 Å². The molecule has 29 heavy (non-hydrogen) atoms. The van der Waals surface area contributed by atoms with Crippen LogP contribution in [0.2, 0.25) is 0 Å². The van der Waals surface area contributed by atoms with Crippen LogP contribution in [0, 0.1) is 22.7 Å². The summed E-state index contributed by atoms with van der Waals surface area (Å²) in [5, 5.41) is 16.8. The van der Waals surface area contributed by atoms with Crippen molar-refractivity contribution < 1.29 is 0 Å². The molecule has 0 saturated heterocycles. The molecule has 2 nitrogen and oxygen atoms in total. The summed E-state index contributed by atoms with van der Waals surface area (Å²) in [5.74, 6) is 0. The van der Waals surface area contributed by atoms with Crippen LogP contribution < -0.4 is 0 Å². The van der Waals surface area contributed by atoms with Gasteiger partial charge in [0.2, 0.25) is 0 Å². The lowest BCUT2D eigenvalue weighted by Crippen LogP contribution is -1.82. The van der Waals surface area contributed by atoms with Gasteiger partial charge in [0.1, 0.15) is 0 Å². The molecule has 0 radical (unpaired) electrons. The summed E-state index contributed by atoms with van der Waals surface area (Å²) in [6, 6.07) is 4.29. The van der Waals surface area contributed by atoms with E-state index < -0.39 is 0 Å². The highest BCUT2D eigenvalue weighted by Crippen LogP contribution is 2.13. The molecule has 0 aromatic rings. The highest BCUT2D eigenvalue weighted by Gasteiger charge is 1.93. The minimum absolute atomic E-state index is 0.571. The minimum atomic E-state index is 0.571. The van der Waals surface area contributed by atoms with Gasteiger partial charge in [-0.25, -0.2) is 0 Å². The van der Waals surface area contributed by atoms with Gasteiger partial charge in [-0.15, -0.1) is 0 Å². The molecule has 0 unspecified atom stereocenters. The lowest BCUT2D eigenvalue weighted by atomic mass is 10.0. The first-order valence-electron chi connectivity index (χ1n) is 12.2. The molecule has 0 fully saturated rings. The Morgan fingerprint density at radius 1 is 0.552 bits per heavy atom. The highest BCUT2D eigenvalue weighted by atomic mass is 14.2. The van der Waals surface area contributed by atoms with E-state index in [0.29, 0.717) is 12.8 Å². The summed E-state index contributed by atoms with van der Waals surface area (Å²) in [6.45, 7) is 8.76. The zero-order valence-electron chi connectivity index (χ0n) is 20.1. The van der Waals surface area contributed by atoms with E-state index >= 15 is 0 Å². The van der Waals surface area contributed by atoms with Crippen LogP contribution in [0.1, 0.15) is 137 Å². The van der Waals surface area contributed by atoms with Gasteiger partial charge in [0.05, 0.1) is 25.0 Å². The Morgan fingerprint density at radius 3 is 1.17 bits per heavy atom. The number of nitrogens with zero attached hydrogens (tertiary/aromatic N) is 2. The van der Waals surface area contributed by atoms with Gasteiger partial charge < -0.3 is 0 Å². The number of rotatable bonds is 17. The molecule has 0 aromatic heterocycles. The van der Waals surface area contributed by atoms with E-state index in [1.165, 1.54) is 107 Å². The lowest BCUT2D eigenvalue weighted by molar-refractivity contribution is 0.588. The average molecular weight is 401 g/mol. The first-order chi connectivity index (χ1) is 14.1. The molecule has 0 spiro atoms. The van der Waals surface area contributed by atoms with Crippen LogP contribution in [0.4, 0.5) is 0 Å². The molecule has 0 amide bonds. The van der Waals surface area contributed by atoms with Gasteiger partial charge in [0.25, 0.3) is 0 Å². The number of hydrogen-bond acceptors (Lipinski definition) is 2. The average Bonchev–Trinajstić information content (AvgIpc) is 2.73. The predicted octanol–water partition coefficient (Wildman–Crippen LogP) is 9.58. The minimum Gasteiger partial charge on any atom is -0.198 e. The zero-order chi connectivity index (χ0) is 22.0. The van der Waals surface area contributed by atoms with Gasteiger partial charge in [0, 0.05) is 0 Å². The third-order valence-corrected chi connectivity index (χ3v) is 5.18. The Hall–Kier alpha value is -1.54. The van der Waals surface area contributed by atoms with Crippen molar-refractivity contribution in [2.45, 2.75) is 137 Å². The summed E-state index contributed by atoms with van der Waals surface area (Å²) in [7, 11) is 0. The van der Waals surface area contributed by atoms with Crippen LogP contribution >= 0.6 is 0 Å². The second kappa shape index (κ2) is 26.5. The number of allylic oxidation sites excluding steroid dienone is 4. The fraction of sp³-hybridized carbons (Fsp3) is 0.778. The third kappa shape index (κ3) is 28.8. The van der Waals surface area contributed by atoms with E-state index in [1.54, 1.807) is 0 Å². The third-order valence-electron chi connectivity index (χ3n) is 5.18. The maximum atomic E-state index is 8.41. The van der Waals surface area contributed by atoms with Crippen molar-refractivity contribution in [2.75, 3.05) is 0 Å². The van der Waals surface area contributed by atoms with Crippen molar-refractivity contribution in [1.82, 2.24) is 0 Å². The molecule has 0 aliphatic carbocycles. The maximum absolute atomic E-state index is 8.41. The molecule has 0 atom stereocenters. The van der Waals surface area contributed by atoms with Crippen molar-refractivity contribution in [1.29, 1.82) is 10.5 Å². The summed E-state index contributed by atoms with van der Waals surface area (Å²) in [4.78, 5) is 0. The van der Waals surface area contributed by atoms with Crippen LogP contribution in [0.3, 0.4) is 0 Å². The molecule has 0 rings (SSSR count). The van der Waals surface area contributed by atoms with Crippen molar-refractivity contribution in [3.05, 3.63) is 23.3 Å². The fourth-order valence-electron chi connectivity index (χ4n) is 3.19. The van der Waals surface area contributed by atoms with E-state index in [4.69, 9.17) is 10.5 Å². The zero-order valence-corrected chi connectivity index (χ0v) is 20.1. The highest BCUT2D eigenvalue weighted by molar-refractivity contribution is 5.02. The Balaban J connectivity index is 0. The van der Waals surface area contributed by atoms with Crippen molar-refractivity contribution in [2.24, 2.45) is 0 Å². The summed E-state index contributed by atoms with van der Waals surface area (Å²) < 4.78 is 0. The van der Waals surface area contributed by atoms with Crippen LogP contribution in [0.5, 0.6) is 0 Å². The van der Waals surface area contributed by atoms with Crippen LogP contribution in [-0.4, -0.2) is 0 Å². The molecule has 0 aliphatic rings. The normalized spacial score (nSPS) is 11.4. The van der Waals surface area contributed by atoms with Gasteiger partial charge in [-0.05, 0) is 39.5 Å². The first kappa shape index (κ1) is 29.7. The molecule has 0 saturated carbocycles. The summed E-state index contributed by atoms with van der Waals surface area (Å²) in [5.41, 5.74) is 2.76. The molecule has 166 valence electrons. The van der Waals surface area contributed by atoms with Gasteiger partial charge in [0.15, 0.2) is 0 Å². The topological polar surface area (TPSA) is 47.6 Å². The molecule has 0 N–H and O–H groups in total. The fourth-order valence-corrected chi connectivity index (χ4v) is 3.19. The summed E-state index contributed by atoms with van der Waals surface area (Å²) >= 11 is 0. The first-order valence-corrected chi connectivity index (χ1v) is 12.2. The standard InChI is InChI=1S/C14H25N.C13H23N/c1-3-4-5-6-7-8-9-11-14(2)12-10-13-15;1-3-4-5-6-7-8-10-13(2)11-9-12-14/h12H,3-11H2,1-2H3;11H,3-10H2,1-2H3. The van der Waals surface area contributed by atoms with Gasteiger partial charge >= 0.3 is 0 Å². The molecular weight excluding hydrogens is 352 g/mol. The smallest absolute Gasteiger partial charge is 0.0663 e. The summed E-state index contributed by atoms with van der Waals surface area (Å²) in [6.07, 6.45) is 25.2. The number of nitriles is 2. The van der Waals surface area contributed by atoms with E-state index in [9.17, 15) is 0 Å². The van der Waals surface area contributed by atoms with Gasteiger partial charge in [-0.1, -0.05) is 108 Å². The SMILES string of the molecule is CCCCCCCCC(C)=CCC#N.CCCCCCCCCC(C)=CCC#N. The van der Waals surface area contributed by atoms with Crippen molar-refractivity contribution in [3.8, 4) is 12.1 Å². The quantitative estimate of drug-likeness (QED) is 0.180. The Bertz CT molecular complexity index is 474. The van der Waals surface area contributed by atoms with Crippen molar-refractivity contribution >= 4 is 0 Å². The molecule has 0 aliphatic heterocycles. The molecular formula is C27H48N2. The second-order valence-corrected chi connectivity index (χ2v) is 8.21. The molecule has 2 heteroatoms. The van der Waals surface area contributed by atoms with Gasteiger partial charge in [-0.2, -0.15) is 10.5 Å². The van der Waals surface area contributed by atoms with Crippen LogP contribution in [0.15, 0.2) is 23.3 Å². The monoisotopic (exact) mass is 400 g/mol. The maximum Gasteiger partial charge on any atom is 0.0663 e. The van der Waals surface area contributed by atoms with E-state index in [0.717, 1.165) is 0 Å². The Labute approximate surface area is 183 Å². The predicted molar refractivity (Wildman–Crippen MR) is 129 cm³/mol. The van der Waals surface area contributed by atoms with Crippen LogP contribution in [-0.2, 0) is 0 Å². The van der Waals surface area contributed by atoms with E-state index in [2.05, 4.69) is 45.9 Å².